The molecule has 2 aromatic carbocycles. The molecule has 3 rings (SSSR count). The lowest BCUT2D eigenvalue weighted by Crippen LogP contribution is -2.46. The summed E-state index contributed by atoms with van der Waals surface area (Å²) in [5, 5.41) is 7.18. The van der Waals surface area contributed by atoms with Crippen LogP contribution in [0.1, 0.15) is 29.9 Å². The van der Waals surface area contributed by atoms with Crippen molar-refractivity contribution in [1.29, 1.82) is 0 Å². The SMILES string of the molecule is CC(C)CNC(=O)c1nn(-c2ccccc2)c(=O)n(Cc2ccccc2Cl)c1=O. The number of hydrogen-bond acceptors (Lipinski definition) is 4. The monoisotopic (exact) mass is 412 g/mol. The molecule has 1 aromatic heterocycles. The Morgan fingerprint density at radius 3 is 2.38 bits per heavy atom. The van der Waals surface area contributed by atoms with E-state index in [9.17, 15) is 14.4 Å². The van der Waals surface area contributed by atoms with Gasteiger partial charge < -0.3 is 5.32 Å². The van der Waals surface area contributed by atoms with E-state index in [1.165, 1.54) is 0 Å². The summed E-state index contributed by atoms with van der Waals surface area (Å²) in [6, 6.07) is 15.5. The van der Waals surface area contributed by atoms with Gasteiger partial charge in [0, 0.05) is 11.6 Å². The lowest BCUT2D eigenvalue weighted by molar-refractivity contribution is 0.0939. The summed E-state index contributed by atoms with van der Waals surface area (Å²) in [5.74, 6) is -0.425. The van der Waals surface area contributed by atoms with Gasteiger partial charge in [0.05, 0.1) is 12.2 Å². The quantitative estimate of drug-likeness (QED) is 0.674. The van der Waals surface area contributed by atoms with E-state index in [0.29, 0.717) is 22.8 Å². The summed E-state index contributed by atoms with van der Waals surface area (Å²) < 4.78 is 2.04. The Balaban J connectivity index is 2.17. The first kappa shape index (κ1) is 20.5. The standard InChI is InChI=1S/C21H21ClN4O3/c1-14(2)12-23-19(27)18-20(28)25(13-15-8-6-7-11-17(15)22)21(29)26(24-18)16-9-4-3-5-10-16/h3-11,14H,12-13H2,1-2H3,(H,23,27). The molecule has 0 radical (unpaired) electrons. The average Bonchev–Trinajstić information content (AvgIpc) is 2.71. The molecule has 7 nitrogen and oxygen atoms in total. The molecule has 0 saturated heterocycles. The minimum Gasteiger partial charge on any atom is -0.350 e. The molecule has 0 saturated carbocycles. The summed E-state index contributed by atoms with van der Waals surface area (Å²) in [6.07, 6.45) is 0. The Hall–Kier alpha value is -3.19. The molecule has 3 aromatic rings. The summed E-state index contributed by atoms with van der Waals surface area (Å²) in [7, 11) is 0. The highest BCUT2D eigenvalue weighted by molar-refractivity contribution is 6.31. The maximum absolute atomic E-state index is 13.0. The van der Waals surface area contributed by atoms with Gasteiger partial charge in [0.2, 0.25) is 5.69 Å². The van der Waals surface area contributed by atoms with Crippen molar-refractivity contribution >= 4 is 17.5 Å². The second kappa shape index (κ2) is 8.87. The van der Waals surface area contributed by atoms with Crippen LogP contribution in [0, 0.1) is 5.92 Å². The molecule has 0 spiro atoms. The zero-order valence-corrected chi connectivity index (χ0v) is 16.9. The maximum Gasteiger partial charge on any atom is 0.352 e. The molecule has 0 bridgehead atoms. The number of amides is 1. The number of benzene rings is 2. The zero-order chi connectivity index (χ0) is 21.0. The Kier molecular flexibility index (Phi) is 6.29. The van der Waals surface area contributed by atoms with Gasteiger partial charge in [0.25, 0.3) is 11.5 Å². The molecule has 0 aliphatic carbocycles. The van der Waals surface area contributed by atoms with Gasteiger partial charge in [0.15, 0.2) is 0 Å². The number of para-hydroxylation sites is 1. The molecule has 8 heteroatoms. The number of halogens is 1. The van der Waals surface area contributed by atoms with Crippen LogP contribution < -0.4 is 16.6 Å². The van der Waals surface area contributed by atoms with Gasteiger partial charge in [-0.3, -0.25) is 14.2 Å². The molecular weight excluding hydrogens is 392 g/mol. The minimum absolute atomic E-state index is 0.0723. The van der Waals surface area contributed by atoms with Crippen LogP contribution in [0.2, 0.25) is 5.02 Å². The van der Waals surface area contributed by atoms with Crippen molar-refractivity contribution in [2.24, 2.45) is 5.92 Å². The fourth-order valence-corrected chi connectivity index (χ4v) is 2.91. The van der Waals surface area contributed by atoms with Crippen molar-refractivity contribution in [1.82, 2.24) is 19.7 Å². The van der Waals surface area contributed by atoms with Crippen molar-refractivity contribution in [3.8, 4) is 5.69 Å². The van der Waals surface area contributed by atoms with Crippen LogP contribution in [0.4, 0.5) is 0 Å². The molecule has 0 unspecified atom stereocenters. The van der Waals surface area contributed by atoms with Gasteiger partial charge in [0.1, 0.15) is 0 Å². The van der Waals surface area contributed by atoms with E-state index in [-0.39, 0.29) is 18.2 Å². The van der Waals surface area contributed by atoms with Gasteiger partial charge in [-0.15, -0.1) is 0 Å². The first-order valence-corrected chi connectivity index (χ1v) is 9.57. The summed E-state index contributed by atoms with van der Waals surface area (Å²) in [6.45, 7) is 4.19. The number of hydrogen-bond donors (Lipinski definition) is 1. The zero-order valence-electron chi connectivity index (χ0n) is 16.1. The van der Waals surface area contributed by atoms with E-state index >= 15 is 0 Å². The van der Waals surface area contributed by atoms with Crippen LogP contribution in [-0.4, -0.2) is 26.8 Å². The molecular formula is C21H21ClN4O3. The van der Waals surface area contributed by atoms with Crippen LogP contribution >= 0.6 is 11.6 Å². The minimum atomic E-state index is -0.761. The van der Waals surface area contributed by atoms with Crippen molar-refractivity contribution in [2.45, 2.75) is 20.4 Å². The third-order valence-electron chi connectivity index (χ3n) is 4.23. The fourth-order valence-electron chi connectivity index (χ4n) is 2.71. The highest BCUT2D eigenvalue weighted by Crippen LogP contribution is 2.15. The summed E-state index contributed by atoms with van der Waals surface area (Å²) >= 11 is 6.20. The molecule has 29 heavy (non-hydrogen) atoms. The van der Waals surface area contributed by atoms with Crippen molar-refractivity contribution < 1.29 is 4.79 Å². The lowest BCUT2D eigenvalue weighted by atomic mass is 10.2. The number of rotatable bonds is 6. The largest absolute Gasteiger partial charge is 0.352 e. The highest BCUT2D eigenvalue weighted by Gasteiger charge is 2.21. The molecule has 0 atom stereocenters. The normalized spacial score (nSPS) is 10.9. The van der Waals surface area contributed by atoms with Gasteiger partial charge in [-0.1, -0.05) is 61.8 Å². The Bertz CT molecular complexity index is 1140. The number of aromatic nitrogens is 3. The number of carbonyl (C=O) groups is 1. The Morgan fingerprint density at radius 1 is 1.07 bits per heavy atom. The van der Waals surface area contributed by atoms with Gasteiger partial charge in [-0.2, -0.15) is 9.78 Å². The van der Waals surface area contributed by atoms with Crippen LogP contribution in [0.15, 0.2) is 64.2 Å². The average molecular weight is 413 g/mol. The van der Waals surface area contributed by atoms with Crippen molar-refractivity contribution in [2.75, 3.05) is 6.54 Å². The molecule has 1 heterocycles. The molecule has 0 aliphatic rings. The van der Waals surface area contributed by atoms with Crippen LogP contribution in [0.25, 0.3) is 5.69 Å². The molecule has 150 valence electrons. The lowest BCUT2D eigenvalue weighted by Gasteiger charge is -2.13. The van der Waals surface area contributed by atoms with E-state index in [0.717, 1.165) is 9.25 Å². The Morgan fingerprint density at radius 2 is 1.72 bits per heavy atom. The predicted molar refractivity (Wildman–Crippen MR) is 112 cm³/mol. The summed E-state index contributed by atoms with van der Waals surface area (Å²) in [4.78, 5) is 38.6. The van der Waals surface area contributed by atoms with E-state index < -0.39 is 17.2 Å². The smallest absolute Gasteiger partial charge is 0.350 e. The van der Waals surface area contributed by atoms with E-state index in [1.54, 1.807) is 54.6 Å². The van der Waals surface area contributed by atoms with Crippen LogP contribution in [0.5, 0.6) is 0 Å². The maximum atomic E-state index is 13.0. The number of nitrogens with zero attached hydrogens (tertiary/aromatic N) is 3. The summed E-state index contributed by atoms with van der Waals surface area (Å²) in [5.41, 5.74) is -0.720. The first-order valence-electron chi connectivity index (χ1n) is 9.19. The Labute approximate surface area is 172 Å². The second-order valence-electron chi connectivity index (χ2n) is 6.97. The second-order valence-corrected chi connectivity index (χ2v) is 7.37. The molecule has 1 N–H and O–H groups in total. The van der Waals surface area contributed by atoms with E-state index in [2.05, 4.69) is 10.4 Å². The van der Waals surface area contributed by atoms with Gasteiger partial charge in [-0.05, 0) is 29.7 Å². The van der Waals surface area contributed by atoms with Crippen molar-refractivity contribution in [3.05, 3.63) is 91.7 Å². The first-order chi connectivity index (χ1) is 13.9. The third kappa shape index (κ3) is 4.63. The van der Waals surface area contributed by atoms with Crippen LogP contribution in [-0.2, 0) is 6.54 Å². The van der Waals surface area contributed by atoms with E-state index in [1.807, 2.05) is 13.8 Å². The van der Waals surface area contributed by atoms with Crippen LogP contribution in [0.3, 0.4) is 0 Å². The highest BCUT2D eigenvalue weighted by atomic mass is 35.5. The van der Waals surface area contributed by atoms with Gasteiger partial charge in [-0.25, -0.2) is 4.79 Å². The third-order valence-corrected chi connectivity index (χ3v) is 4.60. The number of nitrogens with one attached hydrogen (secondary N) is 1. The predicted octanol–water partition coefficient (Wildman–Crippen LogP) is 2.48. The topological polar surface area (TPSA) is 86.0 Å². The molecule has 0 aliphatic heterocycles. The van der Waals surface area contributed by atoms with Gasteiger partial charge >= 0.3 is 5.69 Å². The number of carbonyl (C=O) groups excluding carboxylic acids is 1. The molecule has 0 fully saturated rings. The van der Waals surface area contributed by atoms with Crippen molar-refractivity contribution in [3.63, 3.8) is 0 Å². The fraction of sp³-hybridized carbons (Fsp3) is 0.238. The molecule has 1 amide bonds. The van der Waals surface area contributed by atoms with E-state index in [4.69, 9.17) is 11.6 Å².